The average Bonchev–Trinajstić information content (AvgIpc) is 2.39. The third kappa shape index (κ3) is 5.26. The smallest absolute Gasteiger partial charge is 0.172 e. The van der Waals surface area contributed by atoms with Crippen LogP contribution in [0.5, 0.6) is 0 Å². The normalized spacial score (nSPS) is 12.4. The molecule has 0 saturated heterocycles. The van der Waals surface area contributed by atoms with E-state index in [9.17, 15) is 4.79 Å². The summed E-state index contributed by atoms with van der Waals surface area (Å²) in [5.41, 5.74) is 2.17. The fourth-order valence-corrected chi connectivity index (χ4v) is 2.81. The molecule has 0 aliphatic heterocycles. The van der Waals surface area contributed by atoms with Crippen LogP contribution in [-0.2, 0) is 6.42 Å². The van der Waals surface area contributed by atoms with Gasteiger partial charge >= 0.3 is 0 Å². The first-order valence-electron chi connectivity index (χ1n) is 6.87. The van der Waals surface area contributed by atoms with Gasteiger partial charge < -0.3 is 0 Å². The zero-order valence-electron chi connectivity index (χ0n) is 11.7. The van der Waals surface area contributed by atoms with Crippen molar-refractivity contribution in [3.63, 3.8) is 0 Å². The van der Waals surface area contributed by atoms with Gasteiger partial charge in [-0.25, -0.2) is 0 Å². The Kier molecular flexibility index (Phi) is 7.11. The molecule has 0 bridgehead atoms. The van der Waals surface area contributed by atoms with E-state index in [0.717, 1.165) is 24.2 Å². The third-order valence-corrected chi connectivity index (χ3v) is 4.42. The molecule has 1 rings (SSSR count). The second kappa shape index (κ2) is 8.36. The van der Waals surface area contributed by atoms with Gasteiger partial charge in [0.15, 0.2) is 5.78 Å². The van der Waals surface area contributed by atoms with Gasteiger partial charge in [0.05, 0.1) is 5.75 Å². The van der Waals surface area contributed by atoms with Crippen molar-refractivity contribution in [3.8, 4) is 0 Å². The Morgan fingerprint density at radius 3 is 2.44 bits per heavy atom. The first-order chi connectivity index (χ1) is 8.67. The second-order valence-electron chi connectivity index (χ2n) is 4.90. The molecule has 100 valence electrons. The summed E-state index contributed by atoms with van der Waals surface area (Å²) in [5.74, 6) is 2.65. The highest BCUT2D eigenvalue weighted by Gasteiger charge is 2.07. The lowest BCUT2D eigenvalue weighted by atomic mass is 10.1. The van der Waals surface area contributed by atoms with Gasteiger partial charge in [0.1, 0.15) is 0 Å². The maximum atomic E-state index is 12.0. The predicted molar refractivity (Wildman–Crippen MR) is 81.5 cm³/mol. The Hall–Kier alpha value is -0.760. The quantitative estimate of drug-likeness (QED) is 0.638. The number of carbonyl (C=O) groups excluding carboxylic acids is 1. The molecule has 1 unspecified atom stereocenters. The van der Waals surface area contributed by atoms with Gasteiger partial charge in [0.2, 0.25) is 0 Å². The Labute approximate surface area is 115 Å². The zero-order valence-corrected chi connectivity index (χ0v) is 12.6. The van der Waals surface area contributed by atoms with E-state index in [1.165, 1.54) is 12.0 Å². The van der Waals surface area contributed by atoms with E-state index in [1.54, 1.807) is 11.8 Å². The van der Waals surface area contributed by atoms with Crippen LogP contribution < -0.4 is 0 Å². The lowest BCUT2D eigenvalue weighted by Gasteiger charge is -2.07. The molecule has 2 heteroatoms. The van der Waals surface area contributed by atoms with E-state index in [2.05, 4.69) is 32.9 Å². The molecule has 1 aromatic rings. The fraction of sp³-hybridized carbons (Fsp3) is 0.562. The molecule has 1 aromatic carbocycles. The van der Waals surface area contributed by atoms with Crippen LogP contribution in [0.15, 0.2) is 24.3 Å². The maximum absolute atomic E-state index is 12.0. The van der Waals surface area contributed by atoms with Crippen LogP contribution in [0.25, 0.3) is 0 Å². The monoisotopic (exact) mass is 264 g/mol. The summed E-state index contributed by atoms with van der Waals surface area (Å²) < 4.78 is 0. The Balaban J connectivity index is 2.41. The summed E-state index contributed by atoms with van der Waals surface area (Å²) in [5, 5.41) is 0. The van der Waals surface area contributed by atoms with Crippen LogP contribution in [-0.4, -0.2) is 17.3 Å². The Bertz CT molecular complexity index is 356. The molecular formula is C16H24OS. The number of hydrogen-bond acceptors (Lipinski definition) is 2. The van der Waals surface area contributed by atoms with Gasteiger partial charge in [0.25, 0.3) is 0 Å². The van der Waals surface area contributed by atoms with Crippen LogP contribution in [0.1, 0.15) is 49.5 Å². The lowest BCUT2D eigenvalue weighted by Crippen LogP contribution is -2.05. The van der Waals surface area contributed by atoms with Crippen LogP contribution in [0.3, 0.4) is 0 Å². The maximum Gasteiger partial charge on any atom is 0.172 e. The van der Waals surface area contributed by atoms with Gasteiger partial charge in [0, 0.05) is 5.56 Å². The number of Topliss-reactive ketones (excluding diaryl/α,β-unsaturated/α-hetero) is 1. The molecule has 0 radical (unpaired) electrons. The molecule has 0 aliphatic rings. The lowest BCUT2D eigenvalue weighted by molar-refractivity contribution is 0.102. The van der Waals surface area contributed by atoms with E-state index in [4.69, 9.17) is 0 Å². The van der Waals surface area contributed by atoms with Gasteiger partial charge in [-0.2, -0.15) is 11.8 Å². The highest BCUT2D eigenvalue weighted by Crippen LogP contribution is 2.14. The van der Waals surface area contributed by atoms with E-state index >= 15 is 0 Å². The van der Waals surface area contributed by atoms with Crippen molar-refractivity contribution in [1.29, 1.82) is 0 Å². The van der Waals surface area contributed by atoms with Gasteiger partial charge in [-0.3, -0.25) is 4.79 Å². The van der Waals surface area contributed by atoms with Crippen LogP contribution >= 0.6 is 11.8 Å². The van der Waals surface area contributed by atoms with Crippen molar-refractivity contribution in [2.45, 2.75) is 40.0 Å². The number of thioether (sulfide) groups is 1. The number of aryl methyl sites for hydroxylation is 1. The number of carbonyl (C=O) groups is 1. The first-order valence-corrected chi connectivity index (χ1v) is 8.02. The number of hydrogen-bond donors (Lipinski definition) is 0. The zero-order chi connectivity index (χ0) is 13.4. The van der Waals surface area contributed by atoms with Crippen molar-refractivity contribution in [2.75, 3.05) is 11.5 Å². The summed E-state index contributed by atoms with van der Waals surface area (Å²) in [6.07, 6.45) is 3.43. The van der Waals surface area contributed by atoms with Gasteiger partial charge in [-0.15, -0.1) is 0 Å². The highest BCUT2D eigenvalue weighted by molar-refractivity contribution is 7.99. The number of benzene rings is 1. The van der Waals surface area contributed by atoms with E-state index in [0.29, 0.717) is 11.7 Å². The van der Waals surface area contributed by atoms with Crippen molar-refractivity contribution < 1.29 is 4.79 Å². The predicted octanol–water partition coefficient (Wildman–Crippen LogP) is 4.60. The molecule has 18 heavy (non-hydrogen) atoms. The van der Waals surface area contributed by atoms with E-state index < -0.39 is 0 Å². The van der Waals surface area contributed by atoms with E-state index in [-0.39, 0.29) is 5.78 Å². The molecule has 0 amide bonds. The average molecular weight is 264 g/mol. The molecule has 0 aliphatic carbocycles. The standard InChI is InChI=1S/C16H24OS/c1-4-6-14-7-9-15(10-8-14)16(17)12-18-11-13(3)5-2/h7-10,13H,4-6,11-12H2,1-3H3. The summed E-state index contributed by atoms with van der Waals surface area (Å²) in [4.78, 5) is 12.0. The number of ketones is 1. The van der Waals surface area contributed by atoms with Crippen molar-refractivity contribution in [3.05, 3.63) is 35.4 Å². The largest absolute Gasteiger partial charge is 0.293 e. The molecule has 1 nitrogen and oxygen atoms in total. The molecule has 0 N–H and O–H groups in total. The summed E-state index contributed by atoms with van der Waals surface area (Å²) in [6, 6.07) is 8.10. The Morgan fingerprint density at radius 1 is 1.22 bits per heavy atom. The minimum Gasteiger partial charge on any atom is -0.293 e. The van der Waals surface area contributed by atoms with Crippen LogP contribution in [0.4, 0.5) is 0 Å². The molecule has 1 atom stereocenters. The van der Waals surface area contributed by atoms with Crippen molar-refractivity contribution in [2.24, 2.45) is 5.92 Å². The SMILES string of the molecule is CCCc1ccc(C(=O)CSCC(C)CC)cc1. The van der Waals surface area contributed by atoms with Gasteiger partial charge in [-0.05, 0) is 23.7 Å². The minimum atomic E-state index is 0.256. The Morgan fingerprint density at radius 2 is 1.89 bits per heavy atom. The molecule has 0 fully saturated rings. The molecule has 0 aromatic heterocycles. The topological polar surface area (TPSA) is 17.1 Å². The summed E-state index contributed by atoms with van der Waals surface area (Å²) in [6.45, 7) is 6.60. The van der Waals surface area contributed by atoms with Crippen LogP contribution in [0, 0.1) is 5.92 Å². The van der Waals surface area contributed by atoms with E-state index in [1.807, 2.05) is 12.1 Å². The highest BCUT2D eigenvalue weighted by atomic mass is 32.2. The molecule has 0 spiro atoms. The van der Waals surface area contributed by atoms with Crippen molar-refractivity contribution >= 4 is 17.5 Å². The molecular weight excluding hydrogens is 240 g/mol. The van der Waals surface area contributed by atoms with Crippen LogP contribution in [0.2, 0.25) is 0 Å². The first kappa shape index (κ1) is 15.3. The summed E-state index contributed by atoms with van der Waals surface area (Å²) in [7, 11) is 0. The molecule has 0 saturated carbocycles. The molecule has 0 heterocycles. The van der Waals surface area contributed by atoms with Gasteiger partial charge in [-0.1, -0.05) is 57.9 Å². The second-order valence-corrected chi connectivity index (χ2v) is 5.93. The van der Waals surface area contributed by atoms with Crippen molar-refractivity contribution in [1.82, 2.24) is 0 Å². The fourth-order valence-electron chi connectivity index (χ4n) is 1.70. The third-order valence-electron chi connectivity index (χ3n) is 3.15. The summed E-state index contributed by atoms with van der Waals surface area (Å²) >= 11 is 1.75. The number of rotatable bonds is 8. The minimum absolute atomic E-state index is 0.256.